The van der Waals surface area contributed by atoms with E-state index in [-0.39, 0.29) is 11.5 Å². The number of nitrogens with zero attached hydrogens (tertiary/aromatic N) is 4. The van der Waals surface area contributed by atoms with E-state index in [1.807, 2.05) is 12.4 Å². The van der Waals surface area contributed by atoms with E-state index in [0.717, 1.165) is 50.5 Å². The SMILES string of the molecule is N[C@@H]1c2ccccc2CC12CCN(c1cnc(N3CCCC3c3ccccc3)cn1)CC2. The van der Waals surface area contributed by atoms with Crippen LogP contribution in [-0.2, 0) is 6.42 Å². The highest BCUT2D eigenvalue weighted by Gasteiger charge is 2.45. The van der Waals surface area contributed by atoms with Crippen LogP contribution in [0.1, 0.15) is 54.5 Å². The van der Waals surface area contributed by atoms with Crippen LogP contribution in [-0.4, -0.2) is 29.6 Å². The standard InChI is InChI=1S/C27H31N5/c28-26-22-10-5-4-9-21(22)17-27(26)12-15-31(16-13-27)24-18-30-25(19-29-24)32-14-6-11-23(32)20-7-2-1-3-8-20/h1-5,7-10,18-19,23,26H,6,11-17,28H2/t23?,26-/m1/s1. The molecule has 5 nitrogen and oxygen atoms in total. The van der Waals surface area contributed by atoms with Gasteiger partial charge in [-0.2, -0.15) is 0 Å². The van der Waals surface area contributed by atoms with E-state index in [2.05, 4.69) is 64.4 Å². The Morgan fingerprint density at radius 3 is 2.31 bits per heavy atom. The first-order valence-electron chi connectivity index (χ1n) is 12.0. The molecule has 2 saturated heterocycles. The van der Waals surface area contributed by atoms with Crippen molar-refractivity contribution < 1.29 is 0 Å². The molecule has 164 valence electrons. The third kappa shape index (κ3) is 3.27. The van der Waals surface area contributed by atoms with E-state index in [9.17, 15) is 0 Å². The highest BCUT2D eigenvalue weighted by Crippen LogP contribution is 2.50. The van der Waals surface area contributed by atoms with Crippen LogP contribution in [0.3, 0.4) is 0 Å². The second-order valence-electron chi connectivity index (χ2n) is 9.70. The van der Waals surface area contributed by atoms with Gasteiger partial charge in [-0.25, -0.2) is 9.97 Å². The van der Waals surface area contributed by atoms with Crippen LogP contribution < -0.4 is 15.5 Å². The molecule has 0 radical (unpaired) electrons. The maximum absolute atomic E-state index is 6.74. The Morgan fingerprint density at radius 1 is 0.844 bits per heavy atom. The van der Waals surface area contributed by atoms with Crippen molar-refractivity contribution in [2.75, 3.05) is 29.4 Å². The molecule has 2 atom stereocenters. The van der Waals surface area contributed by atoms with Crippen molar-refractivity contribution in [2.45, 2.75) is 44.2 Å². The van der Waals surface area contributed by atoms with Crippen molar-refractivity contribution in [2.24, 2.45) is 11.1 Å². The van der Waals surface area contributed by atoms with Gasteiger partial charge in [0.25, 0.3) is 0 Å². The van der Waals surface area contributed by atoms with Gasteiger partial charge in [0.05, 0.1) is 18.4 Å². The average Bonchev–Trinajstić information content (AvgIpc) is 3.44. The minimum atomic E-state index is 0.152. The first kappa shape index (κ1) is 19.7. The first-order valence-corrected chi connectivity index (χ1v) is 12.0. The number of anilines is 2. The zero-order valence-electron chi connectivity index (χ0n) is 18.5. The average molecular weight is 426 g/mol. The van der Waals surface area contributed by atoms with E-state index in [1.165, 1.54) is 29.5 Å². The normalized spacial score (nSPS) is 24.2. The van der Waals surface area contributed by atoms with Crippen molar-refractivity contribution in [3.05, 3.63) is 83.7 Å². The Morgan fingerprint density at radius 2 is 1.56 bits per heavy atom. The number of rotatable bonds is 3. The summed E-state index contributed by atoms with van der Waals surface area (Å²) in [6.07, 6.45) is 9.63. The van der Waals surface area contributed by atoms with Gasteiger partial charge >= 0.3 is 0 Å². The van der Waals surface area contributed by atoms with Gasteiger partial charge in [-0.1, -0.05) is 54.6 Å². The largest absolute Gasteiger partial charge is 0.355 e. The molecule has 32 heavy (non-hydrogen) atoms. The fraction of sp³-hybridized carbons (Fsp3) is 0.407. The van der Waals surface area contributed by atoms with E-state index in [1.54, 1.807) is 0 Å². The molecule has 3 aromatic rings. The fourth-order valence-corrected chi connectivity index (χ4v) is 6.18. The summed E-state index contributed by atoms with van der Waals surface area (Å²) >= 11 is 0. The molecule has 2 aromatic carbocycles. The molecule has 1 unspecified atom stereocenters. The molecule has 3 aliphatic rings. The Labute approximate surface area is 190 Å². The Balaban J connectivity index is 1.14. The number of hydrogen-bond acceptors (Lipinski definition) is 5. The van der Waals surface area contributed by atoms with Gasteiger partial charge in [0, 0.05) is 25.7 Å². The monoisotopic (exact) mass is 425 g/mol. The molecule has 1 spiro atoms. The van der Waals surface area contributed by atoms with E-state index in [4.69, 9.17) is 15.7 Å². The van der Waals surface area contributed by atoms with Gasteiger partial charge in [-0.3, -0.25) is 0 Å². The van der Waals surface area contributed by atoms with Crippen LogP contribution in [0.2, 0.25) is 0 Å². The number of fused-ring (bicyclic) bond motifs is 1. The number of nitrogens with two attached hydrogens (primary N) is 1. The third-order valence-electron chi connectivity index (χ3n) is 8.03. The molecule has 1 aliphatic carbocycles. The molecule has 5 heteroatoms. The molecule has 2 fully saturated rings. The molecule has 0 bridgehead atoms. The molecule has 1 aromatic heterocycles. The van der Waals surface area contributed by atoms with E-state index < -0.39 is 0 Å². The summed E-state index contributed by atoms with van der Waals surface area (Å²) in [6, 6.07) is 20.0. The van der Waals surface area contributed by atoms with Crippen molar-refractivity contribution in [3.8, 4) is 0 Å². The lowest BCUT2D eigenvalue weighted by Crippen LogP contribution is -2.44. The Hall–Kier alpha value is -2.92. The van der Waals surface area contributed by atoms with Gasteiger partial charge in [-0.05, 0) is 54.2 Å². The summed E-state index contributed by atoms with van der Waals surface area (Å²) in [5, 5.41) is 0. The summed E-state index contributed by atoms with van der Waals surface area (Å²) in [4.78, 5) is 14.5. The Bertz CT molecular complexity index is 1070. The smallest absolute Gasteiger partial charge is 0.147 e. The van der Waals surface area contributed by atoms with E-state index >= 15 is 0 Å². The highest BCUT2D eigenvalue weighted by atomic mass is 15.3. The highest BCUT2D eigenvalue weighted by molar-refractivity contribution is 5.47. The van der Waals surface area contributed by atoms with Crippen molar-refractivity contribution in [1.29, 1.82) is 0 Å². The van der Waals surface area contributed by atoms with Crippen LogP contribution in [0.15, 0.2) is 67.0 Å². The summed E-state index contributed by atoms with van der Waals surface area (Å²) in [5.41, 5.74) is 11.1. The first-order chi connectivity index (χ1) is 15.7. The van der Waals surface area contributed by atoms with Crippen LogP contribution >= 0.6 is 0 Å². The minimum Gasteiger partial charge on any atom is -0.355 e. The minimum absolute atomic E-state index is 0.152. The molecule has 0 amide bonds. The molecule has 3 heterocycles. The predicted octanol–water partition coefficient (Wildman–Crippen LogP) is 4.66. The van der Waals surface area contributed by atoms with E-state index in [0.29, 0.717) is 6.04 Å². The lowest BCUT2D eigenvalue weighted by molar-refractivity contribution is 0.187. The molecular weight excluding hydrogens is 394 g/mol. The molecule has 0 saturated carbocycles. The lowest BCUT2D eigenvalue weighted by atomic mass is 9.73. The van der Waals surface area contributed by atoms with Gasteiger partial charge < -0.3 is 15.5 Å². The molecular formula is C27H31N5. The summed E-state index contributed by atoms with van der Waals surface area (Å²) in [7, 11) is 0. The van der Waals surface area contributed by atoms with Gasteiger partial charge in [0.15, 0.2) is 0 Å². The maximum atomic E-state index is 6.74. The van der Waals surface area contributed by atoms with Crippen molar-refractivity contribution >= 4 is 11.6 Å². The molecule has 2 N–H and O–H groups in total. The second-order valence-corrected chi connectivity index (χ2v) is 9.70. The molecule has 6 rings (SSSR count). The fourth-order valence-electron chi connectivity index (χ4n) is 6.18. The van der Waals surface area contributed by atoms with Gasteiger partial charge in [0.2, 0.25) is 0 Å². The quantitative estimate of drug-likeness (QED) is 0.661. The Kier molecular flexibility index (Phi) is 4.87. The summed E-state index contributed by atoms with van der Waals surface area (Å²) in [5.74, 6) is 1.98. The van der Waals surface area contributed by atoms with Gasteiger partial charge in [0.1, 0.15) is 11.6 Å². The number of hydrogen-bond donors (Lipinski definition) is 1. The van der Waals surface area contributed by atoms with Crippen LogP contribution in [0.5, 0.6) is 0 Å². The summed E-state index contributed by atoms with van der Waals surface area (Å²) < 4.78 is 0. The summed E-state index contributed by atoms with van der Waals surface area (Å²) in [6.45, 7) is 3.02. The molecule has 2 aliphatic heterocycles. The lowest BCUT2D eigenvalue weighted by Gasteiger charge is -2.42. The third-order valence-corrected chi connectivity index (χ3v) is 8.03. The topological polar surface area (TPSA) is 58.3 Å². The van der Waals surface area contributed by atoms with Crippen LogP contribution in [0.4, 0.5) is 11.6 Å². The van der Waals surface area contributed by atoms with Crippen molar-refractivity contribution in [3.63, 3.8) is 0 Å². The van der Waals surface area contributed by atoms with Crippen LogP contribution in [0, 0.1) is 5.41 Å². The van der Waals surface area contributed by atoms with Crippen molar-refractivity contribution in [1.82, 2.24) is 9.97 Å². The second kappa shape index (κ2) is 7.89. The zero-order chi connectivity index (χ0) is 21.5. The predicted molar refractivity (Wildman–Crippen MR) is 129 cm³/mol. The number of piperidine rings is 1. The van der Waals surface area contributed by atoms with Crippen LogP contribution in [0.25, 0.3) is 0 Å². The number of benzene rings is 2. The van der Waals surface area contributed by atoms with Gasteiger partial charge in [-0.15, -0.1) is 0 Å². The maximum Gasteiger partial charge on any atom is 0.147 e. The number of aromatic nitrogens is 2. The zero-order valence-corrected chi connectivity index (χ0v) is 18.5.